The van der Waals surface area contributed by atoms with Crippen molar-refractivity contribution in [2.24, 2.45) is 5.73 Å². The second-order valence-corrected chi connectivity index (χ2v) is 4.11. The molecule has 1 amide bonds. The molecule has 0 aliphatic carbocycles. The fourth-order valence-electron chi connectivity index (χ4n) is 1.33. The minimum Gasteiger partial charge on any atom is -0.491 e. The quantitative estimate of drug-likeness (QED) is 0.701. The highest BCUT2D eigenvalue weighted by atomic mass is 19.3. The van der Waals surface area contributed by atoms with Crippen LogP contribution in [0.25, 0.3) is 0 Å². The van der Waals surface area contributed by atoms with Crippen LogP contribution in [0.2, 0.25) is 0 Å². The van der Waals surface area contributed by atoms with E-state index < -0.39 is 24.9 Å². The lowest BCUT2D eigenvalue weighted by Crippen LogP contribution is -2.41. The molecule has 0 fully saturated rings. The molecule has 1 aromatic rings. The Morgan fingerprint density at radius 3 is 2.50 bits per heavy atom. The highest BCUT2D eigenvalue weighted by molar-refractivity contribution is 5.94. The lowest BCUT2D eigenvalue weighted by Gasteiger charge is -2.14. The number of ether oxygens (including phenoxy) is 2. The van der Waals surface area contributed by atoms with Gasteiger partial charge in [-0.2, -0.15) is 0 Å². The van der Waals surface area contributed by atoms with Crippen molar-refractivity contribution in [3.8, 4) is 5.75 Å². The number of benzene rings is 1. The third kappa shape index (κ3) is 5.50. The average Bonchev–Trinajstić information content (AvgIpc) is 2.46. The summed E-state index contributed by atoms with van der Waals surface area (Å²) < 4.78 is 35.9. The zero-order valence-corrected chi connectivity index (χ0v) is 11.2. The summed E-state index contributed by atoms with van der Waals surface area (Å²) in [6, 6.07) is 6.17. The van der Waals surface area contributed by atoms with Crippen LogP contribution in [0.3, 0.4) is 0 Å². The Bertz CT molecular complexity index is 424. The normalized spacial score (nSPS) is 11.2. The molecule has 0 saturated carbocycles. The highest BCUT2D eigenvalue weighted by Crippen LogP contribution is 2.13. The average molecular weight is 288 g/mol. The van der Waals surface area contributed by atoms with E-state index in [-0.39, 0.29) is 5.56 Å². The van der Waals surface area contributed by atoms with Crippen LogP contribution >= 0.6 is 0 Å². The Balaban J connectivity index is 2.49. The standard InChI is InChI=1S/C13H18F2N2O3/c1-19-6-7-20-11-4-2-10(3-5-11)12(18)17-9-13(14,15)8-16/h2-5H,6-9,16H2,1H3,(H,17,18). The van der Waals surface area contributed by atoms with E-state index in [0.29, 0.717) is 19.0 Å². The lowest BCUT2D eigenvalue weighted by atomic mass is 10.2. The van der Waals surface area contributed by atoms with Crippen LogP contribution in [-0.2, 0) is 4.74 Å². The molecule has 0 unspecified atom stereocenters. The molecule has 1 rings (SSSR count). The van der Waals surface area contributed by atoms with Crippen LogP contribution in [0.15, 0.2) is 24.3 Å². The van der Waals surface area contributed by atoms with Gasteiger partial charge in [-0.1, -0.05) is 0 Å². The van der Waals surface area contributed by atoms with E-state index in [2.05, 4.69) is 5.32 Å². The maximum Gasteiger partial charge on any atom is 0.277 e. The SMILES string of the molecule is COCCOc1ccc(C(=O)NCC(F)(F)CN)cc1. The van der Waals surface area contributed by atoms with Crippen LogP contribution in [0.4, 0.5) is 8.78 Å². The summed E-state index contributed by atoms with van der Waals surface area (Å²) in [5, 5.41) is 2.13. The summed E-state index contributed by atoms with van der Waals surface area (Å²) in [4.78, 5) is 11.6. The molecule has 1 aromatic carbocycles. The molecule has 3 N–H and O–H groups in total. The Morgan fingerprint density at radius 2 is 1.95 bits per heavy atom. The molecule has 112 valence electrons. The van der Waals surface area contributed by atoms with Crippen molar-refractivity contribution in [2.75, 3.05) is 33.4 Å². The van der Waals surface area contributed by atoms with Gasteiger partial charge in [-0.3, -0.25) is 4.79 Å². The molecule has 0 saturated heterocycles. The van der Waals surface area contributed by atoms with E-state index in [1.165, 1.54) is 12.1 Å². The molecule has 7 heteroatoms. The van der Waals surface area contributed by atoms with Gasteiger partial charge in [0.25, 0.3) is 11.8 Å². The van der Waals surface area contributed by atoms with E-state index in [9.17, 15) is 13.6 Å². The molecule has 0 atom stereocenters. The van der Waals surface area contributed by atoms with Gasteiger partial charge in [0.15, 0.2) is 0 Å². The van der Waals surface area contributed by atoms with Gasteiger partial charge in [0, 0.05) is 12.7 Å². The van der Waals surface area contributed by atoms with Crippen LogP contribution in [0.5, 0.6) is 5.75 Å². The van der Waals surface area contributed by atoms with E-state index >= 15 is 0 Å². The molecule has 5 nitrogen and oxygen atoms in total. The Hall–Kier alpha value is -1.73. The number of alkyl halides is 2. The predicted molar refractivity (Wildman–Crippen MR) is 70.1 cm³/mol. The molecule has 0 aliphatic rings. The summed E-state index contributed by atoms with van der Waals surface area (Å²) in [6.45, 7) is -0.741. The zero-order valence-electron chi connectivity index (χ0n) is 11.2. The van der Waals surface area contributed by atoms with Crippen molar-refractivity contribution in [1.82, 2.24) is 5.32 Å². The van der Waals surface area contributed by atoms with Gasteiger partial charge in [-0.15, -0.1) is 0 Å². The fraction of sp³-hybridized carbons (Fsp3) is 0.462. The molecular weight excluding hydrogens is 270 g/mol. The minimum absolute atomic E-state index is 0.275. The first-order valence-corrected chi connectivity index (χ1v) is 6.06. The molecule has 0 aliphatic heterocycles. The highest BCUT2D eigenvalue weighted by Gasteiger charge is 2.27. The molecule has 0 radical (unpaired) electrons. The summed E-state index contributed by atoms with van der Waals surface area (Å²) in [5.41, 5.74) is 5.16. The number of hydrogen-bond donors (Lipinski definition) is 2. The van der Waals surface area contributed by atoms with Gasteiger partial charge in [-0.25, -0.2) is 8.78 Å². The monoisotopic (exact) mass is 288 g/mol. The van der Waals surface area contributed by atoms with E-state index in [4.69, 9.17) is 15.2 Å². The number of carbonyl (C=O) groups excluding carboxylic acids is 1. The smallest absolute Gasteiger partial charge is 0.277 e. The molecule has 20 heavy (non-hydrogen) atoms. The van der Waals surface area contributed by atoms with E-state index in [0.717, 1.165) is 0 Å². The van der Waals surface area contributed by atoms with Gasteiger partial charge >= 0.3 is 0 Å². The number of methoxy groups -OCH3 is 1. The van der Waals surface area contributed by atoms with Crippen molar-refractivity contribution < 1.29 is 23.0 Å². The molecule has 0 aromatic heterocycles. The molecule has 0 heterocycles. The minimum atomic E-state index is -3.10. The van der Waals surface area contributed by atoms with Crippen LogP contribution in [-0.4, -0.2) is 45.2 Å². The van der Waals surface area contributed by atoms with Crippen molar-refractivity contribution >= 4 is 5.91 Å². The van der Waals surface area contributed by atoms with Crippen LogP contribution in [0.1, 0.15) is 10.4 Å². The third-order valence-corrected chi connectivity index (χ3v) is 2.48. The third-order valence-electron chi connectivity index (χ3n) is 2.48. The van der Waals surface area contributed by atoms with E-state index in [1.807, 2.05) is 0 Å². The second kappa shape index (κ2) is 7.76. The number of halogens is 2. The number of nitrogens with two attached hydrogens (primary N) is 1. The predicted octanol–water partition coefficient (Wildman–Crippen LogP) is 1.04. The number of rotatable bonds is 8. The summed E-state index contributed by atoms with van der Waals surface area (Å²) in [5.74, 6) is -3.11. The van der Waals surface area contributed by atoms with Gasteiger partial charge in [0.1, 0.15) is 12.4 Å². The number of carbonyl (C=O) groups is 1. The zero-order chi connectivity index (χ0) is 15.0. The van der Waals surface area contributed by atoms with Crippen molar-refractivity contribution in [2.45, 2.75) is 5.92 Å². The molecule has 0 spiro atoms. The van der Waals surface area contributed by atoms with Crippen LogP contribution in [0, 0.1) is 0 Å². The number of amides is 1. The Kier molecular flexibility index (Phi) is 6.33. The van der Waals surface area contributed by atoms with Crippen molar-refractivity contribution in [1.29, 1.82) is 0 Å². The van der Waals surface area contributed by atoms with Gasteiger partial charge in [0.05, 0.1) is 19.7 Å². The summed E-state index contributed by atoms with van der Waals surface area (Å²) in [7, 11) is 1.56. The maximum absolute atomic E-state index is 12.9. The lowest BCUT2D eigenvalue weighted by molar-refractivity contribution is 0.0118. The topological polar surface area (TPSA) is 73.6 Å². The molecule has 0 bridgehead atoms. The van der Waals surface area contributed by atoms with Crippen molar-refractivity contribution in [3.05, 3.63) is 29.8 Å². The van der Waals surface area contributed by atoms with Gasteiger partial charge < -0.3 is 20.5 Å². The van der Waals surface area contributed by atoms with Crippen molar-refractivity contribution in [3.63, 3.8) is 0 Å². The molecular formula is C13H18F2N2O3. The maximum atomic E-state index is 12.9. The van der Waals surface area contributed by atoms with Crippen LogP contribution < -0.4 is 15.8 Å². The fourth-order valence-corrected chi connectivity index (χ4v) is 1.33. The Labute approximate surface area is 116 Å². The first-order chi connectivity index (χ1) is 9.48. The number of nitrogens with one attached hydrogen (secondary N) is 1. The second-order valence-electron chi connectivity index (χ2n) is 4.11. The number of hydrogen-bond acceptors (Lipinski definition) is 4. The first-order valence-electron chi connectivity index (χ1n) is 6.06. The van der Waals surface area contributed by atoms with Gasteiger partial charge in [-0.05, 0) is 24.3 Å². The summed E-state index contributed by atoms with van der Waals surface area (Å²) in [6.07, 6.45) is 0. The Morgan fingerprint density at radius 1 is 1.30 bits per heavy atom. The largest absolute Gasteiger partial charge is 0.491 e. The van der Waals surface area contributed by atoms with E-state index in [1.54, 1.807) is 19.2 Å². The first kappa shape index (κ1) is 16.3. The van der Waals surface area contributed by atoms with Gasteiger partial charge in [0.2, 0.25) is 0 Å². The summed E-state index contributed by atoms with van der Waals surface area (Å²) >= 11 is 0.